The molecule has 6 nitrogen and oxygen atoms in total. The molecule has 0 saturated carbocycles. The number of aromatic nitrogens is 2. The van der Waals surface area contributed by atoms with Crippen molar-refractivity contribution in [3.63, 3.8) is 0 Å². The standard InChI is InChI=1S/C20H23N5O/c21-13-17-12-15(5-6-19(17)24-9-1-2-10-24)20(26)25-11-3-4-16(14-25)18-7-8-22-23-18/h5-8,12,16H,1-4,9-11,14H2,(H,22,23)/t16-/m1/s1. The number of H-pyrrole nitrogens is 1. The Morgan fingerprint density at radius 3 is 2.77 bits per heavy atom. The number of aromatic amines is 1. The van der Waals surface area contributed by atoms with Crippen LogP contribution in [-0.4, -0.2) is 47.2 Å². The summed E-state index contributed by atoms with van der Waals surface area (Å²) in [4.78, 5) is 17.1. The van der Waals surface area contributed by atoms with E-state index >= 15 is 0 Å². The summed E-state index contributed by atoms with van der Waals surface area (Å²) in [5.41, 5.74) is 3.25. The Balaban J connectivity index is 1.53. The van der Waals surface area contributed by atoms with E-state index in [4.69, 9.17) is 0 Å². The second kappa shape index (κ2) is 7.20. The maximum Gasteiger partial charge on any atom is 0.253 e. The summed E-state index contributed by atoms with van der Waals surface area (Å²) >= 11 is 0. The van der Waals surface area contributed by atoms with Crippen LogP contribution in [0.4, 0.5) is 5.69 Å². The molecule has 1 aromatic heterocycles. The molecule has 1 amide bonds. The van der Waals surface area contributed by atoms with Gasteiger partial charge in [0.15, 0.2) is 0 Å². The smallest absolute Gasteiger partial charge is 0.253 e. The highest BCUT2D eigenvalue weighted by molar-refractivity contribution is 5.95. The van der Waals surface area contributed by atoms with Gasteiger partial charge >= 0.3 is 0 Å². The third-order valence-corrected chi connectivity index (χ3v) is 5.48. The summed E-state index contributed by atoms with van der Waals surface area (Å²) in [5.74, 6) is 0.313. The van der Waals surface area contributed by atoms with E-state index in [1.54, 1.807) is 12.3 Å². The predicted molar refractivity (Wildman–Crippen MR) is 99.1 cm³/mol. The van der Waals surface area contributed by atoms with Crippen molar-refractivity contribution >= 4 is 11.6 Å². The number of nitrogens with zero attached hydrogens (tertiary/aromatic N) is 4. The van der Waals surface area contributed by atoms with Crippen LogP contribution in [0.1, 0.15) is 53.2 Å². The van der Waals surface area contributed by atoms with Gasteiger partial charge in [-0.3, -0.25) is 9.89 Å². The van der Waals surface area contributed by atoms with E-state index in [9.17, 15) is 10.1 Å². The van der Waals surface area contributed by atoms with Crippen LogP contribution in [-0.2, 0) is 0 Å². The van der Waals surface area contributed by atoms with Crippen LogP contribution in [0.15, 0.2) is 30.5 Å². The Morgan fingerprint density at radius 1 is 1.19 bits per heavy atom. The predicted octanol–water partition coefficient (Wildman–Crippen LogP) is 2.90. The van der Waals surface area contributed by atoms with E-state index in [2.05, 4.69) is 21.2 Å². The second-order valence-electron chi connectivity index (χ2n) is 7.14. The van der Waals surface area contributed by atoms with Crippen molar-refractivity contribution in [2.24, 2.45) is 0 Å². The number of rotatable bonds is 3. The maximum absolute atomic E-state index is 13.0. The minimum Gasteiger partial charge on any atom is -0.370 e. The Kier molecular flexibility index (Phi) is 4.61. The van der Waals surface area contributed by atoms with Crippen LogP contribution in [0.2, 0.25) is 0 Å². The minimum atomic E-state index is 0.0127. The first-order valence-corrected chi connectivity index (χ1v) is 9.34. The van der Waals surface area contributed by atoms with Crippen LogP contribution in [0.25, 0.3) is 0 Å². The summed E-state index contributed by atoms with van der Waals surface area (Å²) in [5, 5.41) is 16.6. The first-order valence-electron chi connectivity index (χ1n) is 9.34. The number of hydrogen-bond acceptors (Lipinski definition) is 4. The van der Waals surface area contributed by atoms with Crippen molar-refractivity contribution in [1.82, 2.24) is 15.1 Å². The summed E-state index contributed by atoms with van der Waals surface area (Å²) in [6.45, 7) is 3.43. The molecule has 2 aliphatic heterocycles. The number of amides is 1. The molecule has 26 heavy (non-hydrogen) atoms. The monoisotopic (exact) mass is 349 g/mol. The average molecular weight is 349 g/mol. The summed E-state index contributed by atoms with van der Waals surface area (Å²) < 4.78 is 0. The van der Waals surface area contributed by atoms with E-state index in [1.165, 1.54) is 0 Å². The highest BCUT2D eigenvalue weighted by Crippen LogP contribution is 2.28. The van der Waals surface area contributed by atoms with Crippen molar-refractivity contribution < 1.29 is 4.79 Å². The molecule has 0 bridgehead atoms. The molecule has 2 saturated heterocycles. The topological polar surface area (TPSA) is 76.0 Å². The zero-order valence-corrected chi connectivity index (χ0v) is 14.8. The van der Waals surface area contributed by atoms with Gasteiger partial charge in [0.2, 0.25) is 0 Å². The second-order valence-corrected chi connectivity index (χ2v) is 7.14. The zero-order chi connectivity index (χ0) is 17.9. The Bertz CT molecular complexity index is 817. The third kappa shape index (κ3) is 3.17. The summed E-state index contributed by atoms with van der Waals surface area (Å²) in [7, 11) is 0. The molecule has 0 aliphatic carbocycles. The molecule has 3 heterocycles. The molecule has 2 fully saturated rings. The molecule has 4 rings (SSSR count). The third-order valence-electron chi connectivity index (χ3n) is 5.48. The molecular weight excluding hydrogens is 326 g/mol. The number of hydrogen-bond donors (Lipinski definition) is 1. The van der Waals surface area contributed by atoms with Gasteiger partial charge in [0.25, 0.3) is 5.91 Å². The fourth-order valence-corrected chi connectivity index (χ4v) is 4.08. The number of piperidine rings is 1. The molecule has 6 heteroatoms. The van der Waals surface area contributed by atoms with E-state index < -0.39 is 0 Å². The van der Waals surface area contributed by atoms with Crippen LogP contribution < -0.4 is 4.90 Å². The van der Waals surface area contributed by atoms with Gasteiger partial charge in [0.05, 0.1) is 11.3 Å². The van der Waals surface area contributed by atoms with Crippen molar-refractivity contribution in [3.05, 3.63) is 47.3 Å². The van der Waals surface area contributed by atoms with Crippen LogP contribution in [0.5, 0.6) is 0 Å². The van der Waals surface area contributed by atoms with Crippen molar-refractivity contribution in [3.8, 4) is 6.07 Å². The van der Waals surface area contributed by atoms with Gasteiger partial charge < -0.3 is 9.80 Å². The lowest BCUT2D eigenvalue weighted by Gasteiger charge is -2.32. The number of carbonyl (C=O) groups is 1. The van der Waals surface area contributed by atoms with Gasteiger partial charge in [-0.25, -0.2) is 0 Å². The maximum atomic E-state index is 13.0. The lowest BCUT2D eigenvalue weighted by Crippen LogP contribution is -2.39. The number of carbonyl (C=O) groups excluding carboxylic acids is 1. The SMILES string of the molecule is N#Cc1cc(C(=O)N2CCC[C@@H](c3ccn[nH]3)C2)ccc1N1CCCC1. The van der Waals surface area contributed by atoms with E-state index in [0.717, 1.165) is 56.7 Å². The van der Waals surface area contributed by atoms with Crippen molar-refractivity contribution in [1.29, 1.82) is 5.26 Å². The number of nitrogens with one attached hydrogen (secondary N) is 1. The van der Waals surface area contributed by atoms with E-state index in [1.807, 2.05) is 23.1 Å². The number of likely N-dealkylation sites (tertiary alicyclic amines) is 1. The lowest BCUT2D eigenvalue weighted by molar-refractivity contribution is 0.0706. The molecule has 0 unspecified atom stereocenters. The van der Waals surface area contributed by atoms with Crippen LogP contribution in [0.3, 0.4) is 0 Å². The summed E-state index contributed by atoms with van der Waals surface area (Å²) in [6, 6.07) is 9.83. The first-order chi connectivity index (χ1) is 12.8. The largest absolute Gasteiger partial charge is 0.370 e. The van der Waals surface area contributed by atoms with Gasteiger partial charge in [-0.1, -0.05) is 0 Å². The fourth-order valence-electron chi connectivity index (χ4n) is 4.08. The van der Waals surface area contributed by atoms with Crippen molar-refractivity contribution in [2.75, 3.05) is 31.1 Å². The number of nitriles is 1. The molecule has 0 spiro atoms. The first kappa shape index (κ1) is 16.6. The molecule has 1 aromatic carbocycles. The highest BCUT2D eigenvalue weighted by Gasteiger charge is 2.27. The molecule has 2 aromatic rings. The Hall–Kier alpha value is -2.81. The molecule has 1 N–H and O–H groups in total. The zero-order valence-electron chi connectivity index (χ0n) is 14.8. The van der Waals surface area contributed by atoms with Gasteiger partial charge in [0, 0.05) is 49.6 Å². The average Bonchev–Trinajstić information content (AvgIpc) is 3.41. The number of benzene rings is 1. The van der Waals surface area contributed by atoms with Gasteiger partial charge in [-0.2, -0.15) is 10.4 Å². The normalized spacial score (nSPS) is 20.2. The van der Waals surface area contributed by atoms with Gasteiger partial charge in [-0.15, -0.1) is 0 Å². The molecule has 0 radical (unpaired) electrons. The van der Waals surface area contributed by atoms with Gasteiger partial charge in [0.1, 0.15) is 6.07 Å². The number of anilines is 1. The van der Waals surface area contributed by atoms with Crippen LogP contribution in [0, 0.1) is 11.3 Å². The van der Waals surface area contributed by atoms with E-state index in [-0.39, 0.29) is 5.91 Å². The molecule has 2 aliphatic rings. The molecule has 134 valence electrons. The quantitative estimate of drug-likeness (QED) is 0.924. The van der Waals surface area contributed by atoms with Gasteiger partial charge in [-0.05, 0) is 49.9 Å². The Morgan fingerprint density at radius 2 is 2.04 bits per heavy atom. The van der Waals surface area contributed by atoms with E-state index in [0.29, 0.717) is 23.6 Å². The summed E-state index contributed by atoms with van der Waals surface area (Å²) in [6.07, 6.45) is 6.12. The molecule has 1 atom stereocenters. The molecular formula is C20H23N5O. The lowest BCUT2D eigenvalue weighted by atomic mass is 9.94. The fraction of sp³-hybridized carbons (Fsp3) is 0.450. The van der Waals surface area contributed by atoms with Crippen LogP contribution >= 0.6 is 0 Å². The van der Waals surface area contributed by atoms with Crippen molar-refractivity contribution in [2.45, 2.75) is 31.6 Å². The minimum absolute atomic E-state index is 0.0127. The Labute approximate surface area is 153 Å². The highest BCUT2D eigenvalue weighted by atomic mass is 16.2.